The lowest BCUT2D eigenvalue weighted by Crippen LogP contribution is -2.49. The molecule has 5 heteroatoms. The summed E-state index contributed by atoms with van der Waals surface area (Å²) >= 11 is 0. The maximum absolute atomic E-state index is 13.7. The number of hydrogen-bond donors (Lipinski definition) is 1. The van der Waals surface area contributed by atoms with Gasteiger partial charge in [-0.25, -0.2) is 8.78 Å². The number of benzene rings is 1. The lowest BCUT2D eigenvalue weighted by molar-refractivity contribution is -0.0601. The SMILES string of the molecule is NC(c1ccc(F)cc1F)C1CN2CCCC2CO1. The Morgan fingerprint density at radius 2 is 2.21 bits per heavy atom. The minimum Gasteiger partial charge on any atom is -0.373 e. The zero-order chi connectivity index (χ0) is 13.4. The Balaban J connectivity index is 1.74. The predicted octanol–water partition coefficient (Wildman–Crippen LogP) is 1.83. The van der Waals surface area contributed by atoms with Gasteiger partial charge in [0.2, 0.25) is 0 Å². The molecule has 0 aromatic heterocycles. The second-order valence-corrected chi connectivity index (χ2v) is 5.35. The molecule has 1 aromatic carbocycles. The second-order valence-electron chi connectivity index (χ2n) is 5.35. The van der Waals surface area contributed by atoms with Crippen molar-refractivity contribution in [2.45, 2.75) is 31.0 Å². The van der Waals surface area contributed by atoms with Crippen LogP contribution in [0.4, 0.5) is 8.78 Å². The first-order chi connectivity index (χ1) is 9.15. The quantitative estimate of drug-likeness (QED) is 0.889. The van der Waals surface area contributed by atoms with Crippen LogP contribution in [0, 0.1) is 11.6 Å². The number of ether oxygens (including phenoxy) is 1. The van der Waals surface area contributed by atoms with E-state index in [9.17, 15) is 8.78 Å². The Kier molecular flexibility index (Phi) is 3.52. The molecule has 1 aromatic rings. The first-order valence-corrected chi connectivity index (χ1v) is 6.71. The maximum Gasteiger partial charge on any atom is 0.130 e. The Bertz CT molecular complexity index is 469. The van der Waals surface area contributed by atoms with E-state index in [4.69, 9.17) is 10.5 Å². The summed E-state index contributed by atoms with van der Waals surface area (Å²) in [5, 5.41) is 0. The lowest BCUT2D eigenvalue weighted by Gasteiger charge is -2.37. The van der Waals surface area contributed by atoms with Crippen molar-refractivity contribution in [1.29, 1.82) is 0 Å². The summed E-state index contributed by atoms with van der Waals surface area (Å²) < 4.78 is 32.4. The molecule has 3 rings (SSSR count). The first-order valence-electron chi connectivity index (χ1n) is 6.71. The second kappa shape index (κ2) is 5.15. The molecule has 2 aliphatic rings. The van der Waals surface area contributed by atoms with Crippen LogP contribution in [-0.4, -0.2) is 36.7 Å². The molecule has 3 unspecified atom stereocenters. The first kappa shape index (κ1) is 13.0. The van der Waals surface area contributed by atoms with Gasteiger partial charge in [0, 0.05) is 24.2 Å². The molecule has 2 aliphatic heterocycles. The molecule has 0 amide bonds. The van der Waals surface area contributed by atoms with E-state index in [1.807, 2.05) is 0 Å². The molecule has 0 bridgehead atoms. The Labute approximate surface area is 111 Å². The van der Waals surface area contributed by atoms with Gasteiger partial charge in [-0.15, -0.1) is 0 Å². The molecule has 19 heavy (non-hydrogen) atoms. The number of fused-ring (bicyclic) bond motifs is 1. The average Bonchev–Trinajstić information content (AvgIpc) is 2.85. The van der Waals surface area contributed by atoms with E-state index in [-0.39, 0.29) is 6.10 Å². The zero-order valence-corrected chi connectivity index (χ0v) is 10.7. The monoisotopic (exact) mass is 268 g/mol. The molecule has 2 fully saturated rings. The summed E-state index contributed by atoms with van der Waals surface area (Å²) in [5.74, 6) is -1.18. The third-order valence-electron chi connectivity index (χ3n) is 4.14. The number of hydrogen-bond acceptors (Lipinski definition) is 3. The number of halogens is 2. The van der Waals surface area contributed by atoms with Crippen molar-refractivity contribution >= 4 is 0 Å². The molecule has 0 aliphatic carbocycles. The smallest absolute Gasteiger partial charge is 0.130 e. The van der Waals surface area contributed by atoms with Gasteiger partial charge in [-0.1, -0.05) is 6.07 Å². The average molecular weight is 268 g/mol. The van der Waals surface area contributed by atoms with Gasteiger partial charge in [-0.2, -0.15) is 0 Å². The molecular weight excluding hydrogens is 250 g/mol. The van der Waals surface area contributed by atoms with Gasteiger partial charge >= 0.3 is 0 Å². The number of morpholine rings is 1. The van der Waals surface area contributed by atoms with E-state index in [1.165, 1.54) is 18.6 Å². The summed E-state index contributed by atoms with van der Waals surface area (Å²) in [6, 6.07) is 3.45. The summed E-state index contributed by atoms with van der Waals surface area (Å²) in [6.07, 6.45) is 2.11. The van der Waals surface area contributed by atoms with Crippen molar-refractivity contribution in [2.75, 3.05) is 19.7 Å². The molecule has 0 radical (unpaired) electrons. The van der Waals surface area contributed by atoms with Gasteiger partial charge in [0.15, 0.2) is 0 Å². The van der Waals surface area contributed by atoms with Crippen LogP contribution in [0.2, 0.25) is 0 Å². The van der Waals surface area contributed by atoms with E-state index in [2.05, 4.69) is 4.90 Å². The van der Waals surface area contributed by atoms with Gasteiger partial charge < -0.3 is 10.5 Å². The third-order valence-corrected chi connectivity index (χ3v) is 4.14. The molecule has 0 spiro atoms. The zero-order valence-electron chi connectivity index (χ0n) is 10.7. The van der Waals surface area contributed by atoms with Crippen LogP contribution in [-0.2, 0) is 4.74 Å². The van der Waals surface area contributed by atoms with Crippen molar-refractivity contribution in [1.82, 2.24) is 4.90 Å². The largest absolute Gasteiger partial charge is 0.373 e. The van der Waals surface area contributed by atoms with E-state index in [1.54, 1.807) is 0 Å². The molecule has 3 atom stereocenters. The summed E-state index contributed by atoms with van der Waals surface area (Å²) in [6.45, 7) is 2.44. The van der Waals surface area contributed by atoms with Crippen LogP contribution in [0.1, 0.15) is 24.4 Å². The molecule has 3 nitrogen and oxygen atoms in total. The van der Waals surface area contributed by atoms with Crippen molar-refractivity contribution in [2.24, 2.45) is 5.73 Å². The summed E-state index contributed by atoms with van der Waals surface area (Å²) in [4.78, 5) is 2.36. The van der Waals surface area contributed by atoms with Crippen molar-refractivity contribution in [3.05, 3.63) is 35.4 Å². The number of nitrogens with zero attached hydrogens (tertiary/aromatic N) is 1. The van der Waals surface area contributed by atoms with E-state index in [0.29, 0.717) is 18.2 Å². The van der Waals surface area contributed by atoms with Crippen molar-refractivity contribution in [3.63, 3.8) is 0 Å². The molecule has 2 saturated heterocycles. The minimum atomic E-state index is -0.598. The highest BCUT2D eigenvalue weighted by Crippen LogP contribution is 2.28. The minimum absolute atomic E-state index is 0.227. The van der Waals surface area contributed by atoms with E-state index >= 15 is 0 Å². The van der Waals surface area contributed by atoms with Crippen LogP contribution in [0.5, 0.6) is 0 Å². The predicted molar refractivity (Wildman–Crippen MR) is 67.6 cm³/mol. The fourth-order valence-corrected chi connectivity index (χ4v) is 3.03. The standard InChI is InChI=1S/C14H18F2N2O/c15-9-3-4-11(12(16)6-9)14(17)13-7-18-5-1-2-10(18)8-19-13/h3-4,6,10,13-14H,1-2,5,7-8,17H2. The Hall–Kier alpha value is -1.04. The third kappa shape index (κ3) is 2.50. The van der Waals surface area contributed by atoms with E-state index < -0.39 is 17.7 Å². The van der Waals surface area contributed by atoms with Crippen LogP contribution < -0.4 is 5.73 Å². The highest BCUT2D eigenvalue weighted by molar-refractivity contribution is 5.23. The fourth-order valence-electron chi connectivity index (χ4n) is 3.03. The fraction of sp³-hybridized carbons (Fsp3) is 0.571. The van der Waals surface area contributed by atoms with Crippen LogP contribution in [0.3, 0.4) is 0 Å². The maximum atomic E-state index is 13.7. The van der Waals surface area contributed by atoms with Gasteiger partial charge in [0.1, 0.15) is 11.6 Å². The highest BCUT2D eigenvalue weighted by atomic mass is 19.1. The normalized spacial score (nSPS) is 29.2. The lowest BCUT2D eigenvalue weighted by atomic mass is 9.99. The van der Waals surface area contributed by atoms with E-state index in [0.717, 1.165) is 25.6 Å². The molecule has 0 saturated carbocycles. The molecule has 2 heterocycles. The molecular formula is C14H18F2N2O. The van der Waals surface area contributed by atoms with Gasteiger partial charge in [-0.05, 0) is 25.5 Å². The van der Waals surface area contributed by atoms with Crippen LogP contribution >= 0.6 is 0 Å². The van der Waals surface area contributed by atoms with Gasteiger partial charge in [0.25, 0.3) is 0 Å². The van der Waals surface area contributed by atoms with Crippen LogP contribution in [0.25, 0.3) is 0 Å². The molecule has 104 valence electrons. The number of rotatable bonds is 2. The topological polar surface area (TPSA) is 38.5 Å². The Morgan fingerprint density at radius 3 is 3.00 bits per heavy atom. The highest BCUT2D eigenvalue weighted by Gasteiger charge is 2.35. The van der Waals surface area contributed by atoms with Gasteiger partial charge in [0.05, 0.1) is 18.8 Å². The van der Waals surface area contributed by atoms with Crippen LogP contribution in [0.15, 0.2) is 18.2 Å². The van der Waals surface area contributed by atoms with Crippen molar-refractivity contribution < 1.29 is 13.5 Å². The molecule has 2 N–H and O–H groups in total. The summed E-state index contributed by atoms with van der Waals surface area (Å²) in [5.41, 5.74) is 6.41. The van der Waals surface area contributed by atoms with Crippen molar-refractivity contribution in [3.8, 4) is 0 Å². The Morgan fingerprint density at radius 1 is 1.37 bits per heavy atom. The summed E-state index contributed by atoms with van der Waals surface area (Å²) in [7, 11) is 0. The van der Waals surface area contributed by atoms with Gasteiger partial charge in [-0.3, -0.25) is 4.90 Å². The number of nitrogens with two attached hydrogens (primary N) is 1.